The molecule has 0 atom stereocenters. The van der Waals surface area contributed by atoms with Crippen LogP contribution >= 0.6 is 0 Å². The maximum atomic E-state index is 11.0. The van der Waals surface area contributed by atoms with Crippen LogP contribution in [0.25, 0.3) is 0 Å². The number of nitrogens with one attached hydrogen (secondary N) is 1. The van der Waals surface area contributed by atoms with Crippen molar-refractivity contribution in [2.75, 3.05) is 11.9 Å². The normalized spacial score (nSPS) is 10.1. The van der Waals surface area contributed by atoms with Gasteiger partial charge in [-0.2, -0.15) is 5.10 Å². The summed E-state index contributed by atoms with van der Waals surface area (Å²) in [7, 11) is 1.78. The number of aromatic nitrogens is 2. The minimum Gasteiger partial charge on any atom is -0.322 e. The van der Waals surface area contributed by atoms with Crippen molar-refractivity contribution < 1.29 is 4.79 Å². The molecule has 1 aromatic rings. The predicted octanol–water partition coefficient (Wildman–Crippen LogP) is -0.120. The first-order chi connectivity index (χ1) is 6.17. The summed E-state index contributed by atoms with van der Waals surface area (Å²) in [6.45, 7) is 2.00. The Labute approximate surface area is 76.9 Å². The third-order valence-corrected chi connectivity index (χ3v) is 1.75. The third-order valence-electron chi connectivity index (χ3n) is 1.75. The van der Waals surface area contributed by atoms with E-state index in [0.717, 1.165) is 12.1 Å². The Morgan fingerprint density at radius 3 is 2.92 bits per heavy atom. The van der Waals surface area contributed by atoms with E-state index in [2.05, 4.69) is 10.4 Å². The van der Waals surface area contributed by atoms with Gasteiger partial charge in [0.1, 0.15) is 5.82 Å². The van der Waals surface area contributed by atoms with Crippen LogP contribution in [-0.2, 0) is 18.3 Å². The van der Waals surface area contributed by atoms with E-state index in [1.165, 1.54) is 0 Å². The van der Waals surface area contributed by atoms with Gasteiger partial charge in [-0.25, -0.2) is 0 Å². The zero-order valence-electron chi connectivity index (χ0n) is 7.87. The van der Waals surface area contributed by atoms with Gasteiger partial charge in [0.2, 0.25) is 5.91 Å². The highest BCUT2D eigenvalue weighted by Crippen LogP contribution is 2.08. The Morgan fingerprint density at radius 2 is 2.46 bits per heavy atom. The lowest BCUT2D eigenvalue weighted by atomic mass is 10.3. The highest BCUT2D eigenvalue weighted by molar-refractivity contribution is 5.91. The zero-order chi connectivity index (χ0) is 9.84. The number of hydrogen-bond donors (Lipinski definition) is 2. The van der Waals surface area contributed by atoms with Crippen molar-refractivity contribution in [1.82, 2.24) is 9.78 Å². The molecule has 0 aliphatic heterocycles. The van der Waals surface area contributed by atoms with Crippen LogP contribution in [0.3, 0.4) is 0 Å². The van der Waals surface area contributed by atoms with E-state index in [4.69, 9.17) is 5.73 Å². The first-order valence-electron chi connectivity index (χ1n) is 4.20. The van der Waals surface area contributed by atoms with Gasteiger partial charge in [0, 0.05) is 13.1 Å². The Hall–Kier alpha value is -1.36. The van der Waals surface area contributed by atoms with Crippen molar-refractivity contribution in [1.29, 1.82) is 0 Å². The molecule has 1 amide bonds. The lowest BCUT2D eigenvalue weighted by molar-refractivity contribution is -0.114. The summed E-state index contributed by atoms with van der Waals surface area (Å²) in [6, 6.07) is 1.84. The van der Waals surface area contributed by atoms with Gasteiger partial charge in [-0.1, -0.05) is 6.92 Å². The first-order valence-corrected chi connectivity index (χ1v) is 4.20. The molecule has 0 aliphatic rings. The van der Waals surface area contributed by atoms with Gasteiger partial charge < -0.3 is 11.1 Å². The number of nitrogens with two attached hydrogens (primary N) is 1. The molecule has 5 heteroatoms. The molecule has 13 heavy (non-hydrogen) atoms. The molecular weight excluding hydrogens is 168 g/mol. The summed E-state index contributed by atoms with van der Waals surface area (Å²) in [5, 5.41) is 6.83. The van der Waals surface area contributed by atoms with Crippen LogP contribution in [0.5, 0.6) is 0 Å². The molecule has 0 aromatic carbocycles. The van der Waals surface area contributed by atoms with E-state index < -0.39 is 0 Å². The SMILES string of the molecule is CCc1cc(NC(=O)CN)n(C)n1. The average Bonchev–Trinajstić information content (AvgIpc) is 2.47. The van der Waals surface area contributed by atoms with Crippen LogP contribution in [0.15, 0.2) is 6.07 Å². The smallest absolute Gasteiger partial charge is 0.239 e. The minimum atomic E-state index is -0.203. The monoisotopic (exact) mass is 182 g/mol. The molecule has 0 spiro atoms. The quantitative estimate of drug-likeness (QED) is 0.684. The van der Waals surface area contributed by atoms with E-state index in [0.29, 0.717) is 5.82 Å². The highest BCUT2D eigenvalue weighted by Gasteiger charge is 2.05. The number of hydrogen-bond acceptors (Lipinski definition) is 3. The van der Waals surface area contributed by atoms with Crippen molar-refractivity contribution >= 4 is 11.7 Å². The fourth-order valence-corrected chi connectivity index (χ4v) is 1.01. The van der Waals surface area contributed by atoms with Crippen molar-refractivity contribution in [3.05, 3.63) is 11.8 Å². The molecule has 5 nitrogen and oxygen atoms in total. The molecule has 0 saturated carbocycles. The zero-order valence-corrected chi connectivity index (χ0v) is 7.87. The second kappa shape index (κ2) is 4.04. The number of anilines is 1. The second-order valence-corrected chi connectivity index (χ2v) is 2.75. The van der Waals surface area contributed by atoms with Crippen molar-refractivity contribution in [3.8, 4) is 0 Å². The average molecular weight is 182 g/mol. The number of nitrogens with zero attached hydrogens (tertiary/aromatic N) is 2. The van der Waals surface area contributed by atoms with Crippen LogP contribution in [0.1, 0.15) is 12.6 Å². The Bertz CT molecular complexity index is 305. The Morgan fingerprint density at radius 1 is 1.77 bits per heavy atom. The van der Waals surface area contributed by atoms with E-state index in [1.54, 1.807) is 11.7 Å². The summed E-state index contributed by atoms with van der Waals surface area (Å²) in [5.74, 6) is 0.484. The van der Waals surface area contributed by atoms with E-state index in [-0.39, 0.29) is 12.5 Å². The summed E-state index contributed by atoms with van der Waals surface area (Å²) >= 11 is 0. The maximum Gasteiger partial charge on any atom is 0.239 e. The summed E-state index contributed by atoms with van der Waals surface area (Å²) in [4.78, 5) is 11.0. The number of aryl methyl sites for hydroxylation is 2. The molecule has 72 valence electrons. The number of carbonyl (C=O) groups excluding carboxylic acids is 1. The number of rotatable bonds is 3. The van der Waals surface area contributed by atoms with Crippen LogP contribution in [0.2, 0.25) is 0 Å². The minimum absolute atomic E-state index is 0.00730. The Balaban J connectivity index is 2.76. The van der Waals surface area contributed by atoms with Crippen molar-refractivity contribution in [2.45, 2.75) is 13.3 Å². The molecule has 1 heterocycles. The van der Waals surface area contributed by atoms with Crippen molar-refractivity contribution in [2.24, 2.45) is 12.8 Å². The summed E-state index contributed by atoms with van der Waals surface area (Å²) < 4.78 is 1.63. The lowest BCUT2D eigenvalue weighted by Gasteiger charge is -2.01. The van der Waals surface area contributed by atoms with Gasteiger partial charge in [-0.15, -0.1) is 0 Å². The highest BCUT2D eigenvalue weighted by atomic mass is 16.1. The molecule has 0 unspecified atom stereocenters. The van der Waals surface area contributed by atoms with Crippen LogP contribution in [0.4, 0.5) is 5.82 Å². The fourth-order valence-electron chi connectivity index (χ4n) is 1.01. The number of amides is 1. The third kappa shape index (κ3) is 2.29. The van der Waals surface area contributed by atoms with Crippen LogP contribution in [-0.4, -0.2) is 22.2 Å². The Kier molecular flexibility index (Phi) is 3.02. The topological polar surface area (TPSA) is 72.9 Å². The molecular formula is C8H14N4O. The van der Waals surface area contributed by atoms with Gasteiger partial charge in [0.15, 0.2) is 0 Å². The molecule has 3 N–H and O–H groups in total. The molecule has 0 fully saturated rings. The van der Waals surface area contributed by atoms with E-state index >= 15 is 0 Å². The summed E-state index contributed by atoms with van der Waals surface area (Å²) in [6.07, 6.45) is 0.854. The van der Waals surface area contributed by atoms with Crippen LogP contribution in [0, 0.1) is 0 Å². The fraction of sp³-hybridized carbons (Fsp3) is 0.500. The molecule has 0 saturated heterocycles. The van der Waals surface area contributed by atoms with E-state index in [9.17, 15) is 4.79 Å². The molecule has 0 bridgehead atoms. The van der Waals surface area contributed by atoms with Gasteiger partial charge in [-0.05, 0) is 6.42 Å². The van der Waals surface area contributed by atoms with Gasteiger partial charge in [0.05, 0.1) is 12.2 Å². The summed E-state index contributed by atoms with van der Waals surface area (Å²) in [5.41, 5.74) is 6.12. The maximum absolute atomic E-state index is 11.0. The van der Waals surface area contributed by atoms with Gasteiger partial charge in [0.25, 0.3) is 0 Å². The standard InChI is InChI=1S/C8H14N4O/c1-3-6-4-7(12(2)11-6)10-8(13)5-9/h4H,3,5,9H2,1-2H3,(H,10,13). The predicted molar refractivity (Wildman–Crippen MR) is 50.3 cm³/mol. The number of carbonyl (C=O) groups is 1. The first kappa shape index (κ1) is 9.73. The van der Waals surface area contributed by atoms with Gasteiger partial charge in [-0.3, -0.25) is 9.48 Å². The van der Waals surface area contributed by atoms with Gasteiger partial charge >= 0.3 is 0 Å². The largest absolute Gasteiger partial charge is 0.322 e. The van der Waals surface area contributed by atoms with Crippen LogP contribution < -0.4 is 11.1 Å². The van der Waals surface area contributed by atoms with Crippen molar-refractivity contribution in [3.63, 3.8) is 0 Å². The molecule has 1 aromatic heterocycles. The lowest BCUT2D eigenvalue weighted by Crippen LogP contribution is -2.23. The molecule has 0 aliphatic carbocycles. The molecule has 1 rings (SSSR count). The second-order valence-electron chi connectivity index (χ2n) is 2.75. The van der Waals surface area contributed by atoms with E-state index in [1.807, 2.05) is 13.0 Å². The molecule has 0 radical (unpaired) electrons.